The Hall–Kier alpha value is -1.27. The van der Waals surface area contributed by atoms with E-state index in [1.54, 1.807) is 0 Å². The topological polar surface area (TPSA) is 57.6 Å². The maximum Gasteiger partial charge on any atom is 0.337 e. The number of nitrogens with zero attached hydrogens (tertiary/aromatic N) is 1. The third-order valence-corrected chi connectivity index (χ3v) is 3.27. The lowest BCUT2D eigenvalue weighted by molar-refractivity contribution is -0.117. The summed E-state index contributed by atoms with van der Waals surface area (Å²) in [6, 6.07) is 1.84. The largest absolute Gasteiger partial charge is 0.478 e. The van der Waals surface area contributed by atoms with Gasteiger partial charge in [0.25, 0.3) is 0 Å². The molecule has 1 atom stereocenters. The van der Waals surface area contributed by atoms with Gasteiger partial charge in [0.05, 0.1) is 16.3 Å². The second kappa shape index (κ2) is 4.78. The number of halogens is 2. The van der Waals surface area contributed by atoms with E-state index in [1.807, 2.05) is 0 Å². The summed E-state index contributed by atoms with van der Waals surface area (Å²) in [6.07, 6.45) is 0.204. The SMILES string of the molecule is O=C(O)c1cc(F)cc(Cl)c1N1CC(S)CC1=O. The summed E-state index contributed by atoms with van der Waals surface area (Å²) in [5.41, 5.74) is -0.289. The predicted octanol–water partition coefficient (Wildman–Crippen LogP) is 2.21. The molecule has 0 aromatic heterocycles. The van der Waals surface area contributed by atoms with Crippen molar-refractivity contribution >= 4 is 41.8 Å². The highest BCUT2D eigenvalue weighted by atomic mass is 35.5. The third-order valence-electron chi connectivity index (χ3n) is 2.63. The van der Waals surface area contributed by atoms with Crippen molar-refractivity contribution in [2.24, 2.45) is 0 Å². The second-order valence-corrected chi connectivity index (χ2v) is 5.09. The molecule has 0 aliphatic carbocycles. The molecule has 2 rings (SSSR count). The minimum atomic E-state index is -1.33. The molecule has 4 nitrogen and oxygen atoms in total. The molecule has 18 heavy (non-hydrogen) atoms. The first-order chi connectivity index (χ1) is 8.40. The molecular weight excluding hydrogens is 281 g/mol. The van der Waals surface area contributed by atoms with Crippen LogP contribution in [0, 0.1) is 5.82 Å². The van der Waals surface area contributed by atoms with Crippen LogP contribution in [0.5, 0.6) is 0 Å². The molecule has 1 amide bonds. The highest BCUT2D eigenvalue weighted by molar-refractivity contribution is 7.81. The van der Waals surface area contributed by atoms with Gasteiger partial charge >= 0.3 is 5.97 Å². The number of aromatic carboxylic acids is 1. The van der Waals surface area contributed by atoms with E-state index >= 15 is 0 Å². The van der Waals surface area contributed by atoms with E-state index < -0.39 is 11.8 Å². The molecule has 0 bridgehead atoms. The fourth-order valence-electron chi connectivity index (χ4n) is 1.91. The van der Waals surface area contributed by atoms with E-state index in [-0.39, 0.29) is 40.4 Å². The number of carboxylic acids is 1. The highest BCUT2D eigenvalue weighted by Gasteiger charge is 2.32. The van der Waals surface area contributed by atoms with Crippen LogP contribution in [0.2, 0.25) is 5.02 Å². The van der Waals surface area contributed by atoms with Crippen LogP contribution >= 0.6 is 24.2 Å². The van der Waals surface area contributed by atoms with Gasteiger partial charge in [-0.05, 0) is 12.1 Å². The first-order valence-corrected chi connectivity index (χ1v) is 6.00. The minimum absolute atomic E-state index is 0.0344. The molecule has 1 heterocycles. The number of thiol groups is 1. The van der Waals surface area contributed by atoms with Crippen LogP contribution in [-0.4, -0.2) is 28.8 Å². The lowest BCUT2D eigenvalue weighted by atomic mass is 10.1. The summed E-state index contributed by atoms with van der Waals surface area (Å²) in [5, 5.41) is 8.77. The maximum atomic E-state index is 13.2. The summed E-state index contributed by atoms with van der Waals surface area (Å²) in [6.45, 7) is 0.258. The van der Waals surface area contributed by atoms with Crippen molar-refractivity contribution in [3.05, 3.63) is 28.5 Å². The number of benzene rings is 1. The van der Waals surface area contributed by atoms with Crippen molar-refractivity contribution in [1.29, 1.82) is 0 Å². The Labute approximate surface area is 113 Å². The zero-order chi connectivity index (χ0) is 13.4. The average molecular weight is 290 g/mol. The Morgan fingerprint density at radius 2 is 2.22 bits per heavy atom. The van der Waals surface area contributed by atoms with Crippen LogP contribution in [0.1, 0.15) is 16.8 Å². The Morgan fingerprint density at radius 1 is 1.56 bits per heavy atom. The van der Waals surface area contributed by atoms with Crippen molar-refractivity contribution in [1.82, 2.24) is 0 Å². The quantitative estimate of drug-likeness (QED) is 0.821. The van der Waals surface area contributed by atoms with Crippen LogP contribution < -0.4 is 4.90 Å². The van der Waals surface area contributed by atoms with Gasteiger partial charge in [-0.2, -0.15) is 12.6 Å². The molecule has 0 spiro atoms. The molecule has 1 saturated heterocycles. The monoisotopic (exact) mass is 289 g/mol. The summed E-state index contributed by atoms with van der Waals surface area (Å²) >= 11 is 10.0. The predicted molar refractivity (Wildman–Crippen MR) is 68.1 cm³/mol. The molecule has 1 unspecified atom stereocenters. The molecule has 1 aliphatic rings. The smallest absolute Gasteiger partial charge is 0.337 e. The molecule has 1 N–H and O–H groups in total. The minimum Gasteiger partial charge on any atom is -0.478 e. The van der Waals surface area contributed by atoms with Gasteiger partial charge in [-0.15, -0.1) is 0 Å². The molecule has 1 aromatic rings. The number of carbonyl (C=O) groups is 2. The Bertz CT molecular complexity index is 537. The highest BCUT2D eigenvalue weighted by Crippen LogP contribution is 2.34. The van der Waals surface area contributed by atoms with Gasteiger partial charge in [-0.25, -0.2) is 9.18 Å². The molecule has 96 valence electrons. The van der Waals surface area contributed by atoms with Crippen molar-refractivity contribution < 1.29 is 19.1 Å². The van der Waals surface area contributed by atoms with Gasteiger partial charge in [0.2, 0.25) is 5.91 Å². The van der Waals surface area contributed by atoms with Gasteiger partial charge in [-0.1, -0.05) is 11.6 Å². The van der Waals surface area contributed by atoms with E-state index in [0.717, 1.165) is 12.1 Å². The zero-order valence-corrected chi connectivity index (χ0v) is 10.7. The standard InChI is InChI=1S/C11H9ClFNO3S/c12-8-2-5(13)1-7(11(16)17)10(8)14-4-6(18)3-9(14)15/h1-2,6,18H,3-4H2,(H,16,17). The Balaban J connectivity index is 2.56. The fraction of sp³-hybridized carbons (Fsp3) is 0.273. The molecule has 0 saturated carbocycles. The maximum absolute atomic E-state index is 13.2. The molecule has 7 heteroatoms. The first kappa shape index (κ1) is 13.2. The van der Waals surface area contributed by atoms with Crippen LogP contribution in [-0.2, 0) is 4.79 Å². The van der Waals surface area contributed by atoms with Crippen molar-refractivity contribution in [2.75, 3.05) is 11.4 Å². The summed E-state index contributed by atoms with van der Waals surface area (Å²) in [4.78, 5) is 24.1. The summed E-state index contributed by atoms with van der Waals surface area (Å²) < 4.78 is 13.2. The number of anilines is 1. The number of carbonyl (C=O) groups excluding carboxylic acids is 1. The van der Waals surface area contributed by atoms with Crippen LogP contribution in [0.15, 0.2) is 12.1 Å². The number of rotatable bonds is 2. The second-order valence-electron chi connectivity index (χ2n) is 3.95. The van der Waals surface area contributed by atoms with Gasteiger partial charge in [0, 0.05) is 18.2 Å². The van der Waals surface area contributed by atoms with Gasteiger partial charge in [0.1, 0.15) is 5.82 Å². The average Bonchev–Trinajstić information content (AvgIpc) is 2.56. The van der Waals surface area contributed by atoms with E-state index in [0.29, 0.717) is 0 Å². The number of amides is 1. The Kier molecular flexibility index (Phi) is 3.49. The third kappa shape index (κ3) is 2.30. The lowest BCUT2D eigenvalue weighted by Crippen LogP contribution is -2.27. The summed E-state index contributed by atoms with van der Waals surface area (Å²) in [5.74, 6) is -2.36. The van der Waals surface area contributed by atoms with Gasteiger partial charge in [0.15, 0.2) is 0 Å². The molecule has 1 aliphatic heterocycles. The number of carboxylic acid groups (broad SMARTS) is 1. The number of hydrogen-bond acceptors (Lipinski definition) is 3. The molecule has 1 aromatic carbocycles. The van der Waals surface area contributed by atoms with Crippen LogP contribution in [0.25, 0.3) is 0 Å². The van der Waals surface area contributed by atoms with Crippen LogP contribution in [0.4, 0.5) is 10.1 Å². The Morgan fingerprint density at radius 3 is 2.72 bits per heavy atom. The van der Waals surface area contributed by atoms with E-state index in [2.05, 4.69) is 12.6 Å². The normalized spacial score (nSPS) is 19.4. The van der Waals surface area contributed by atoms with E-state index in [4.69, 9.17) is 16.7 Å². The van der Waals surface area contributed by atoms with E-state index in [1.165, 1.54) is 4.90 Å². The fourth-order valence-corrected chi connectivity index (χ4v) is 2.54. The molecule has 1 fully saturated rings. The van der Waals surface area contributed by atoms with Crippen molar-refractivity contribution in [3.8, 4) is 0 Å². The van der Waals surface area contributed by atoms with Crippen molar-refractivity contribution in [2.45, 2.75) is 11.7 Å². The first-order valence-electron chi connectivity index (χ1n) is 5.11. The zero-order valence-electron chi connectivity index (χ0n) is 9.06. The lowest BCUT2D eigenvalue weighted by Gasteiger charge is -2.20. The van der Waals surface area contributed by atoms with Crippen molar-refractivity contribution in [3.63, 3.8) is 0 Å². The molecular formula is C11H9ClFNO3S. The van der Waals surface area contributed by atoms with Crippen LogP contribution in [0.3, 0.4) is 0 Å². The summed E-state index contributed by atoms with van der Waals surface area (Å²) in [7, 11) is 0. The molecule has 0 radical (unpaired) electrons. The number of hydrogen-bond donors (Lipinski definition) is 2. The van der Waals surface area contributed by atoms with Gasteiger partial charge < -0.3 is 10.0 Å². The van der Waals surface area contributed by atoms with Gasteiger partial charge in [-0.3, -0.25) is 4.79 Å². The van der Waals surface area contributed by atoms with E-state index in [9.17, 15) is 14.0 Å².